The molecule has 0 aliphatic heterocycles. The lowest BCUT2D eigenvalue weighted by atomic mass is 10.1. The third kappa shape index (κ3) is 3.12. The maximum absolute atomic E-state index is 12.1. The molecule has 1 aromatic heterocycles. The van der Waals surface area contributed by atoms with Crippen LogP contribution in [0.25, 0.3) is 0 Å². The van der Waals surface area contributed by atoms with Crippen LogP contribution in [-0.4, -0.2) is 20.1 Å². The molecule has 1 aliphatic carbocycles. The standard InChI is InChI=1S/C12H19NO3S2/c1-9-2-3-10(6-9)7-13-18(15,16)12-4-5-17-11(12)8-14/h4-5,9-10,13-14H,2-3,6-8H2,1H3. The molecule has 1 heterocycles. The summed E-state index contributed by atoms with van der Waals surface area (Å²) in [6.07, 6.45) is 3.38. The van der Waals surface area contributed by atoms with Crippen LogP contribution in [0.15, 0.2) is 16.3 Å². The second-order valence-electron chi connectivity index (χ2n) is 5.00. The van der Waals surface area contributed by atoms with E-state index in [-0.39, 0.29) is 11.5 Å². The van der Waals surface area contributed by atoms with Gasteiger partial charge >= 0.3 is 0 Å². The largest absolute Gasteiger partial charge is 0.391 e. The molecule has 1 fully saturated rings. The van der Waals surface area contributed by atoms with Gasteiger partial charge in [-0.3, -0.25) is 0 Å². The Labute approximate surface area is 112 Å². The highest BCUT2D eigenvalue weighted by Crippen LogP contribution is 2.30. The average Bonchev–Trinajstić information content (AvgIpc) is 2.95. The monoisotopic (exact) mass is 289 g/mol. The van der Waals surface area contributed by atoms with E-state index in [4.69, 9.17) is 5.11 Å². The highest BCUT2D eigenvalue weighted by Gasteiger charge is 2.25. The van der Waals surface area contributed by atoms with Crippen molar-refractivity contribution in [2.45, 2.75) is 37.7 Å². The fourth-order valence-corrected chi connectivity index (χ4v) is 4.91. The van der Waals surface area contributed by atoms with Crippen molar-refractivity contribution in [1.82, 2.24) is 4.72 Å². The third-order valence-electron chi connectivity index (χ3n) is 3.50. The molecule has 0 radical (unpaired) electrons. The minimum atomic E-state index is -3.46. The molecule has 4 nitrogen and oxygen atoms in total. The molecule has 0 aromatic carbocycles. The van der Waals surface area contributed by atoms with Crippen LogP contribution in [0.1, 0.15) is 31.1 Å². The SMILES string of the molecule is CC1CCC(CNS(=O)(=O)c2ccsc2CO)C1. The predicted molar refractivity (Wildman–Crippen MR) is 71.9 cm³/mol. The van der Waals surface area contributed by atoms with Gasteiger partial charge in [0, 0.05) is 11.4 Å². The third-order valence-corrected chi connectivity index (χ3v) is 6.05. The molecule has 2 atom stereocenters. The van der Waals surface area contributed by atoms with Gasteiger partial charge in [-0.1, -0.05) is 13.3 Å². The van der Waals surface area contributed by atoms with Gasteiger partial charge in [0.05, 0.1) is 11.5 Å². The van der Waals surface area contributed by atoms with Gasteiger partial charge in [-0.2, -0.15) is 0 Å². The van der Waals surface area contributed by atoms with E-state index in [1.165, 1.54) is 17.8 Å². The summed E-state index contributed by atoms with van der Waals surface area (Å²) in [7, 11) is -3.46. The fourth-order valence-electron chi connectivity index (χ4n) is 2.50. The van der Waals surface area contributed by atoms with Crippen LogP contribution in [0.5, 0.6) is 0 Å². The molecule has 2 rings (SSSR count). The molecule has 1 aliphatic rings. The van der Waals surface area contributed by atoms with Crippen LogP contribution >= 0.6 is 11.3 Å². The Balaban J connectivity index is 1.99. The number of hydrogen-bond acceptors (Lipinski definition) is 4. The van der Waals surface area contributed by atoms with Gasteiger partial charge < -0.3 is 5.11 Å². The van der Waals surface area contributed by atoms with Crippen molar-refractivity contribution < 1.29 is 13.5 Å². The van der Waals surface area contributed by atoms with Crippen molar-refractivity contribution in [3.05, 3.63) is 16.3 Å². The summed E-state index contributed by atoms with van der Waals surface area (Å²) < 4.78 is 26.9. The molecule has 0 bridgehead atoms. The first-order valence-electron chi connectivity index (χ1n) is 6.20. The Morgan fingerprint density at radius 2 is 2.28 bits per heavy atom. The highest BCUT2D eigenvalue weighted by molar-refractivity contribution is 7.89. The van der Waals surface area contributed by atoms with Crippen LogP contribution in [0.4, 0.5) is 0 Å². The van der Waals surface area contributed by atoms with E-state index in [0.717, 1.165) is 12.8 Å². The van der Waals surface area contributed by atoms with Crippen LogP contribution < -0.4 is 4.72 Å². The lowest BCUT2D eigenvalue weighted by molar-refractivity contribution is 0.282. The van der Waals surface area contributed by atoms with Gasteiger partial charge in [0.2, 0.25) is 10.0 Å². The van der Waals surface area contributed by atoms with E-state index in [2.05, 4.69) is 11.6 Å². The van der Waals surface area contributed by atoms with Crippen molar-refractivity contribution in [1.29, 1.82) is 0 Å². The van der Waals surface area contributed by atoms with Gasteiger partial charge in [-0.25, -0.2) is 13.1 Å². The number of rotatable bonds is 5. The number of thiophene rings is 1. The summed E-state index contributed by atoms with van der Waals surface area (Å²) in [6, 6.07) is 1.55. The van der Waals surface area contributed by atoms with E-state index in [0.29, 0.717) is 23.3 Å². The maximum Gasteiger partial charge on any atom is 0.241 e. The van der Waals surface area contributed by atoms with Gasteiger partial charge in [0.1, 0.15) is 0 Å². The molecule has 1 saturated carbocycles. The normalized spacial score (nSPS) is 24.6. The van der Waals surface area contributed by atoms with Crippen molar-refractivity contribution in [2.24, 2.45) is 11.8 Å². The summed E-state index contributed by atoms with van der Waals surface area (Å²) in [5.41, 5.74) is 0. The Morgan fingerprint density at radius 3 is 2.89 bits per heavy atom. The first-order valence-corrected chi connectivity index (χ1v) is 8.56. The quantitative estimate of drug-likeness (QED) is 0.870. The Hall–Kier alpha value is -0.430. The zero-order valence-electron chi connectivity index (χ0n) is 10.4. The Kier molecular flexibility index (Phi) is 4.42. The lowest BCUT2D eigenvalue weighted by Crippen LogP contribution is -2.29. The predicted octanol–water partition coefficient (Wildman–Crippen LogP) is 1.95. The molecule has 2 N–H and O–H groups in total. The molecule has 1 aromatic rings. The zero-order valence-corrected chi connectivity index (χ0v) is 12.1. The van der Waals surface area contributed by atoms with Gasteiger partial charge in [-0.05, 0) is 36.1 Å². The topological polar surface area (TPSA) is 66.4 Å². The van der Waals surface area contributed by atoms with Crippen LogP contribution in [0.2, 0.25) is 0 Å². The molecular formula is C12H19NO3S2. The molecule has 102 valence electrons. The molecule has 2 unspecified atom stereocenters. The van der Waals surface area contributed by atoms with Gasteiger partial charge in [0.15, 0.2) is 0 Å². The summed E-state index contributed by atoms with van der Waals surface area (Å²) in [4.78, 5) is 0.725. The lowest BCUT2D eigenvalue weighted by Gasteiger charge is -2.11. The van der Waals surface area contributed by atoms with Gasteiger partial charge in [-0.15, -0.1) is 11.3 Å². The van der Waals surface area contributed by atoms with Crippen LogP contribution in [-0.2, 0) is 16.6 Å². The van der Waals surface area contributed by atoms with Gasteiger partial charge in [0.25, 0.3) is 0 Å². The highest BCUT2D eigenvalue weighted by atomic mass is 32.2. The van der Waals surface area contributed by atoms with E-state index in [9.17, 15) is 8.42 Å². The summed E-state index contributed by atoms with van der Waals surface area (Å²) in [5, 5.41) is 10.8. The molecule has 0 saturated heterocycles. The molecule has 0 amide bonds. The first kappa shape index (κ1) is 14.0. The zero-order chi connectivity index (χ0) is 13.2. The van der Waals surface area contributed by atoms with E-state index in [1.54, 1.807) is 11.4 Å². The summed E-state index contributed by atoms with van der Waals surface area (Å²) in [5.74, 6) is 1.15. The summed E-state index contributed by atoms with van der Waals surface area (Å²) >= 11 is 1.27. The second kappa shape index (κ2) is 5.69. The van der Waals surface area contributed by atoms with Crippen LogP contribution in [0.3, 0.4) is 0 Å². The minimum absolute atomic E-state index is 0.223. The molecule has 18 heavy (non-hydrogen) atoms. The number of sulfonamides is 1. The van der Waals surface area contributed by atoms with Crippen LogP contribution in [0, 0.1) is 11.8 Å². The molecule has 0 spiro atoms. The van der Waals surface area contributed by atoms with Crippen molar-refractivity contribution in [3.8, 4) is 0 Å². The van der Waals surface area contributed by atoms with E-state index in [1.807, 2.05) is 0 Å². The second-order valence-corrected chi connectivity index (χ2v) is 7.74. The molecule has 6 heteroatoms. The first-order chi connectivity index (χ1) is 8.53. The van der Waals surface area contributed by atoms with Crippen molar-refractivity contribution in [2.75, 3.05) is 6.54 Å². The van der Waals surface area contributed by atoms with E-state index >= 15 is 0 Å². The Bertz CT molecular complexity index is 495. The number of nitrogens with one attached hydrogen (secondary N) is 1. The summed E-state index contributed by atoms with van der Waals surface area (Å²) in [6.45, 7) is 2.49. The number of aliphatic hydroxyl groups is 1. The van der Waals surface area contributed by atoms with Crippen molar-refractivity contribution in [3.63, 3.8) is 0 Å². The number of hydrogen-bond donors (Lipinski definition) is 2. The minimum Gasteiger partial charge on any atom is -0.391 e. The maximum atomic E-state index is 12.1. The average molecular weight is 289 g/mol. The number of aliphatic hydroxyl groups excluding tert-OH is 1. The molecular weight excluding hydrogens is 270 g/mol. The fraction of sp³-hybridized carbons (Fsp3) is 0.667. The smallest absolute Gasteiger partial charge is 0.241 e. The van der Waals surface area contributed by atoms with E-state index < -0.39 is 10.0 Å². The van der Waals surface area contributed by atoms with Crippen molar-refractivity contribution >= 4 is 21.4 Å². The Morgan fingerprint density at radius 1 is 1.50 bits per heavy atom.